The molecule has 0 bridgehead atoms. The van der Waals surface area contributed by atoms with E-state index in [2.05, 4.69) is 110 Å². The van der Waals surface area contributed by atoms with Gasteiger partial charge < -0.3 is 15.2 Å². The lowest BCUT2D eigenvalue weighted by Gasteiger charge is -2.14. The molecule has 0 aliphatic rings. The molecule has 0 aliphatic carbocycles. The number of unbranched alkanes of at least 4 members (excludes halogenated alkanes) is 12. The molecule has 1 amide bonds. The number of hydrogen-bond donors (Lipinski definition) is 2. The Bertz CT molecular complexity index is 1140. The maximum Gasteiger partial charge on any atom is 0.322 e. The molecule has 0 aromatic heterocycles. The van der Waals surface area contributed by atoms with Crippen molar-refractivity contribution in [2.45, 2.75) is 180 Å². The lowest BCUT2D eigenvalue weighted by atomic mass is 10.1. The van der Waals surface area contributed by atoms with Gasteiger partial charge in [-0.25, -0.2) is 0 Å². The second-order valence-corrected chi connectivity index (χ2v) is 13.9. The molecule has 0 aromatic rings. The van der Waals surface area contributed by atoms with Crippen LogP contribution >= 0.6 is 0 Å². The Hall–Kier alpha value is -3.67. The number of rotatable bonds is 37. The summed E-state index contributed by atoms with van der Waals surface area (Å²) in [6.07, 6.45) is 59.7. The van der Waals surface area contributed by atoms with E-state index in [1.165, 1.54) is 32.1 Å². The van der Waals surface area contributed by atoms with Gasteiger partial charge in [0.15, 0.2) is 0 Å². The van der Waals surface area contributed by atoms with E-state index >= 15 is 0 Å². The molecule has 0 spiro atoms. The first-order valence-electron chi connectivity index (χ1n) is 21.4. The number of hydrogen-bond acceptors (Lipinski definition) is 4. The summed E-state index contributed by atoms with van der Waals surface area (Å²) in [5.41, 5.74) is 0. The highest BCUT2D eigenvalue weighted by atomic mass is 16.5. The van der Waals surface area contributed by atoms with Gasteiger partial charge in [0.1, 0.15) is 12.6 Å². The second kappa shape index (κ2) is 42.1. The fraction of sp³-hybridized carbons (Fsp3) is 0.604. The molecule has 0 fully saturated rings. The SMILES string of the molecule is CC/C=C\C/C=C\C/C=C\C/C=C\C/C=C\CCCCCCCC(=O)OC(/C=C\C/C=C\C/C=C\CCCCC)CCCCCCCC(=O)NCC(=O)O. The smallest absolute Gasteiger partial charge is 0.322 e. The summed E-state index contributed by atoms with van der Waals surface area (Å²) >= 11 is 0. The Morgan fingerprint density at radius 1 is 0.519 bits per heavy atom. The number of allylic oxidation sites excluding steroid dienone is 15. The van der Waals surface area contributed by atoms with Crippen LogP contribution in [-0.4, -0.2) is 35.6 Å². The van der Waals surface area contributed by atoms with E-state index in [0.717, 1.165) is 116 Å². The van der Waals surface area contributed by atoms with E-state index in [4.69, 9.17) is 9.84 Å². The van der Waals surface area contributed by atoms with Gasteiger partial charge in [0, 0.05) is 12.8 Å². The first-order chi connectivity index (χ1) is 26.5. The van der Waals surface area contributed by atoms with Crippen molar-refractivity contribution < 1.29 is 24.2 Å². The Labute approximate surface area is 330 Å². The normalized spacial score (nSPS) is 13.1. The predicted octanol–water partition coefficient (Wildman–Crippen LogP) is 13.3. The van der Waals surface area contributed by atoms with E-state index in [-0.39, 0.29) is 24.5 Å². The predicted molar refractivity (Wildman–Crippen MR) is 230 cm³/mol. The number of esters is 1. The summed E-state index contributed by atoms with van der Waals surface area (Å²) in [5.74, 6) is -1.36. The van der Waals surface area contributed by atoms with Crippen molar-refractivity contribution in [3.63, 3.8) is 0 Å². The zero-order valence-corrected chi connectivity index (χ0v) is 34.3. The molecule has 0 saturated heterocycles. The second-order valence-electron chi connectivity index (χ2n) is 13.9. The lowest BCUT2D eigenvalue weighted by Crippen LogP contribution is -2.28. The van der Waals surface area contributed by atoms with E-state index < -0.39 is 5.97 Å². The molecule has 2 N–H and O–H groups in total. The molecule has 0 aromatic carbocycles. The number of amides is 1. The minimum Gasteiger partial charge on any atom is -0.480 e. The molecule has 54 heavy (non-hydrogen) atoms. The summed E-state index contributed by atoms with van der Waals surface area (Å²) in [4.78, 5) is 35.0. The molecule has 0 saturated carbocycles. The zero-order valence-electron chi connectivity index (χ0n) is 34.3. The van der Waals surface area contributed by atoms with Gasteiger partial charge in [0.25, 0.3) is 0 Å². The average molecular weight is 748 g/mol. The quantitative estimate of drug-likeness (QED) is 0.0375. The van der Waals surface area contributed by atoms with Crippen LogP contribution in [0, 0.1) is 0 Å². The molecular weight excluding hydrogens is 671 g/mol. The van der Waals surface area contributed by atoms with Crippen LogP contribution in [0.5, 0.6) is 0 Å². The number of ether oxygens (including phenoxy) is 1. The van der Waals surface area contributed by atoms with Crippen molar-refractivity contribution in [3.8, 4) is 0 Å². The molecule has 0 aliphatic heterocycles. The monoisotopic (exact) mass is 748 g/mol. The van der Waals surface area contributed by atoms with E-state index in [1.807, 2.05) is 6.08 Å². The Morgan fingerprint density at radius 3 is 1.50 bits per heavy atom. The van der Waals surface area contributed by atoms with Gasteiger partial charge in [0.05, 0.1) is 0 Å². The van der Waals surface area contributed by atoms with Crippen LogP contribution in [0.2, 0.25) is 0 Å². The standard InChI is InChI=1S/C48H77NO5/c1-3-5-7-9-11-13-15-16-17-18-19-20-21-22-23-24-26-28-30-35-39-43-48(53)54-45(40-36-32-29-27-25-14-12-10-8-6-4-2)41-37-33-31-34-38-42-46(50)49-44-47(51)52/h5,7,11-14,16-17,19-20,22-23,27,29,36,40,45H,3-4,6,8-10,15,18,21,24-26,28,30-35,37-39,41-44H2,1-2H3,(H,49,50)(H,51,52)/b7-5-,13-11-,14-12-,17-16-,20-19-,23-22-,29-27-,40-36-. The molecule has 6 nitrogen and oxygen atoms in total. The number of aliphatic carboxylic acids is 1. The summed E-state index contributed by atoms with van der Waals surface area (Å²) in [5, 5.41) is 11.1. The van der Waals surface area contributed by atoms with Crippen molar-refractivity contribution in [2.24, 2.45) is 0 Å². The van der Waals surface area contributed by atoms with Crippen molar-refractivity contribution >= 4 is 17.8 Å². The summed E-state index contributed by atoms with van der Waals surface area (Å²) < 4.78 is 5.91. The van der Waals surface area contributed by atoms with Crippen molar-refractivity contribution in [2.75, 3.05) is 6.54 Å². The molecule has 0 rings (SSSR count). The fourth-order valence-corrected chi connectivity index (χ4v) is 5.58. The van der Waals surface area contributed by atoms with Crippen LogP contribution in [-0.2, 0) is 19.1 Å². The van der Waals surface area contributed by atoms with E-state index in [1.54, 1.807) is 0 Å². The highest BCUT2D eigenvalue weighted by Crippen LogP contribution is 2.15. The summed E-state index contributed by atoms with van der Waals surface area (Å²) in [6, 6.07) is 0. The van der Waals surface area contributed by atoms with Crippen LogP contribution in [0.25, 0.3) is 0 Å². The fourth-order valence-electron chi connectivity index (χ4n) is 5.58. The molecule has 0 heterocycles. The zero-order chi connectivity index (χ0) is 39.4. The van der Waals surface area contributed by atoms with Crippen LogP contribution in [0.1, 0.15) is 174 Å². The third kappa shape index (κ3) is 41.1. The number of carboxylic acid groups (broad SMARTS) is 1. The third-order valence-corrected chi connectivity index (χ3v) is 8.72. The van der Waals surface area contributed by atoms with Gasteiger partial charge in [-0.3, -0.25) is 14.4 Å². The van der Waals surface area contributed by atoms with Crippen molar-refractivity contribution in [1.82, 2.24) is 5.32 Å². The Kier molecular flexibility index (Phi) is 39.2. The largest absolute Gasteiger partial charge is 0.480 e. The van der Waals surface area contributed by atoms with Gasteiger partial charge in [-0.2, -0.15) is 0 Å². The topological polar surface area (TPSA) is 92.7 Å². The van der Waals surface area contributed by atoms with Gasteiger partial charge in [-0.05, 0) is 102 Å². The highest BCUT2D eigenvalue weighted by molar-refractivity contribution is 5.80. The molecular formula is C48H77NO5. The minimum absolute atomic E-state index is 0.112. The van der Waals surface area contributed by atoms with Crippen LogP contribution in [0.4, 0.5) is 0 Å². The highest BCUT2D eigenvalue weighted by Gasteiger charge is 2.11. The summed E-state index contributed by atoms with van der Waals surface area (Å²) in [6.45, 7) is 4.05. The molecule has 1 atom stereocenters. The van der Waals surface area contributed by atoms with Gasteiger partial charge in [-0.15, -0.1) is 0 Å². The number of carboxylic acids is 1. The Morgan fingerprint density at radius 2 is 0.963 bits per heavy atom. The van der Waals surface area contributed by atoms with Gasteiger partial charge >= 0.3 is 11.9 Å². The molecule has 6 heteroatoms. The first-order valence-corrected chi connectivity index (χ1v) is 21.4. The third-order valence-electron chi connectivity index (χ3n) is 8.72. The van der Waals surface area contributed by atoms with Gasteiger partial charge in [0.2, 0.25) is 5.91 Å². The average Bonchev–Trinajstić information content (AvgIpc) is 3.16. The molecule has 1 unspecified atom stereocenters. The van der Waals surface area contributed by atoms with E-state index in [9.17, 15) is 14.4 Å². The minimum atomic E-state index is -1.03. The van der Waals surface area contributed by atoms with Crippen LogP contribution in [0.3, 0.4) is 0 Å². The molecule has 0 radical (unpaired) electrons. The van der Waals surface area contributed by atoms with Crippen molar-refractivity contribution in [1.29, 1.82) is 0 Å². The summed E-state index contributed by atoms with van der Waals surface area (Å²) in [7, 11) is 0. The molecule has 304 valence electrons. The van der Waals surface area contributed by atoms with Crippen LogP contribution in [0.15, 0.2) is 97.2 Å². The maximum atomic E-state index is 12.7. The van der Waals surface area contributed by atoms with Gasteiger partial charge in [-0.1, -0.05) is 156 Å². The first kappa shape index (κ1) is 50.3. The number of nitrogens with one attached hydrogen (secondary N) is 1. The lowest BCUT2D eigenvalue weighted by molar-refractivity contribution is -0.147. The maximum absolute atomic E-state index is 12.7. The van der Waals surface area contributed by atoms with E-state index in [0.29, 0.717) is 12.8 Å². The number of carbonyl (C=O) groups is 3. The van der Waals surface area contributed by atoms with Crippen molar-refractivity contribution in [3.05, 3.63) is 97.2 Å². The Balaban J connectivity index is 4.29. The van der Waals surface area contributed by atoms with Crippen LogP contribution < -0.4 is 5.32 Å². The number of carbonyl (C=O) groups excluding carboxylic acids is 2.